The molecule has 0 radical (unpaired) electrons. The summed E-state index contributed by atoms with van der Waals surface area (Å²) in [6, 6.07) is 16.5. The number of nitrogens with zero attached hydrogens (tertiary/aromatic N) is 2. The van der Waals surface area contributed by atoms with Crippen LogP contribution in [-0.2, 0) is 25.0 Å². The number of likely N-dealkylation sites (N-methyl/N-ethyl adjacent to an activating group) is 1. The fourth-order valence-corrected chi connectivity index (χ4v) is 5.63. The Labute approximate surface area is 203 Å². The van der Waals surface area contributed by atoms with Crippen LogP contribution >= 0.6 is 0 Å². The van der Waals surface area contributed by atoms with Crippen LogP contribution in [0.25, 0.3) is 0 Å². The van der Waals surface area contributed by atoms with E-state index in [1.165, 1.54) is 17.5 Å². The maximum atomic E-state index is 12.0. The summed E-state index contributed by atoms with van der Waals surface area (Å²) < 4.78 is 12.7. The molecule has 1 atom stereocenters. The number of rotatable bonds is 8. The molecule has 180 valence electrons. The van der Waals surface area contributed by atoms with Crippen molar-refractivity contribution in [3.05, 3.63) is 83.1 Å². The van der Waals surface area contributed by atoms with Crippen molar-refractivity contribution in [1.82, 2.24) is 4.98 Å². The average Bonchev–Trinajstić information content (AvgIpc) is 3.52. The van der Waals surface area contributed by atoms with Crippen molar-refractivity contribution in [2.75, 3.05) is 27.2 Å². The summed E-state index contributed by atoms with van der Waals surface area (Å²) in [4.78, 5) is 4.64. The first-order valence-corrected chi connectivity index (χ1v) is 12.7. The summed E-state index contributed by atoms with van der Waals surface area (Å²) in [7, 11) is 4.45. The highest BCUT2D eigenvalue weighted by atomic mass is 16.5. The van der Waals surface area contributed by atoms with Gasteiger partial charge in [-0.25, -0.2) is 4.98 Å². The second-order valence-corrected chi connectivity index (χ2v) is 10.7. The van der Waals surface area contributed by atoms with Crippen molar-refractivity contribution >= 4 is 0 Å². The number of hydrogen-bond acceptors (Lipinski definition) is 4. The number of quaternary nitrogens is 1. The standard InChI is InChI=1S/C29H37N2O3/c1-31(2,17-15-22-13-14-27-23(19-22)16-18-33-27)21-26-20-30-28(34-26)29(32,24-9-5-3-6-10-24)25-11-7-4-8-12-25/h3,5-6,9-10,13-14,19-20,25,32H,4,7-8,11-12,15-18,21H2,1-2H3/q+1/t29-/m0/s1. The van der Waals surface area contributed by atoms with Gasteiger partial charge in [-0.3, -0.25) is 0 Å². The smallest absolute Gasteiger partial charge is 0.231 e. The van der Waals surface area contributed by atoms with Crippen molar-refractivity contribution < 1.29 is 18.7 Å². The first-order valence-electron chi connectivity index (χ1n) is 12.7. The highest BCUT2D eigenvalue weighted by molar-refractivity contribution is 5.39. The van der Waals surface area contributed by atoms with Gasteiger partial charge in [-0.05, 0) is 35.6 Å². The summed E-state index contributed by atoms with van der Waals surface area (Å²) in [5.74, 6) is 2.43. The van der Waals surface area contributed by atoms with Crippen molar-refractivity contribution in [3.8, 4) is 5.75 Å². The van der Waals surface area contributed by atoms with Gasteiger partial charge in [0, 0.05) is 18.8 Å². The van der Waals surface area contributed by atoms with Gasteiger partial charge in [-0.1, -0.05) is 61.7 Å². The maximum absolute atomic E-state index is 12.0. The average molecular weight is 462 g/mol. The van der Waals surface area contributed by atoms with Crippen LogP contribution < -0.4 is 4.74 Å². The van der Waals surface area contributed by atoms with E-state index in [-0.39, 0.29) is 5.92 Å². The monoisotopic (exact) mass is 461 g/mol. The largest absolute Gasteiger partial charge is 0.493 e. The van der Waals surface area contributed by atoms with Gasteiger partial charge in [-0.15, -0.1) is 0 Å². The molecule has 1 saturated carbocycles. The van der Waals surface area contributed by atoms with Crippen LogP contribution in [0.1, 0.15) is 60.4 Å². The zero-order valence-corrected chi connectivity index (χ0v) is 20.5. The van der Waals surface area contributed by atoms with Crippen LogP contribution in [0.4, 0.5) is 0 Å². The first kappa shape index (κ1) is 23.1. The summed E-state index contributed by atoms with van der Waals surface area (Å²) in [6.07, 6.45) is 9.34. The SMILES string of the molecule is C[N+](C)(CCc1ccc2c(c1)CCO2)Cc1cnc([C@](O)(c2ccccc2)C2CCCCC2)o1. The molecule has 0 saturated heterocycles. The minimum atomic E-state index is -1.18. The Morgan fingerprint density at radius 3 is 2.65 bits per heavy atom. The lowest BCUT2D eigenvalue weighted by Crippen LogP contribution is -2.40. The molecular formula is C29H37N2O3+. The third-order valence-corrected chi connectivity index (χ3v) is 7.63. The van der Waals surface area contributed by atoms with Crippen LogP contribution in [0, 0.1) is 5.92 Å². The zero-order chi connectivity index (χ0) is 23.6. The minimum Gasteiger partial charge on any atom is -0.493 e. The molecule has 2 aliphatic rings. The van der Waals surface area contributed by atoms with Crippen LogP contribution in [0.3, 0.4) is 0 Å². The number of hydrogen-bond donors (Lipinski definition) is 1. The predicted octanol–water partition coefficient (Wildman–Crippen LogP) is 5.24. The molecular weight excluding hydrogens is 424 g/mol. The van der Waals surface area contributed by atoms with Crippen LogP contribution in [-0.4, -0.2) is 41.8 Å². The van der Waals surface area contributed by atoms with Gasteiger partial charge in [0.2, 0.25) is 5.89 Å². The van der Waals surface area contributed by atoms with Crippen LogP contribution in [0.2, 0.25) is 0 Å². The number of fused-ring (bicyclic) bond motifs is 1. The molecule has 2 aromatic carbocycles. The second kappa shape index (κ2) is 9.55. The second-order valence-electron chi connectivity index (χ2n) is 10.7. The van der Waals surface area contributed by atoms with Gasteiger partial charge >= 0.3 is 0 Å². The first-order chi connectivity index (χ1) is 16.4. The minimum absolute atomic E-state index is 0.126. The Balaban J connectivity index is 1.31. The number of aliphatic hydroxyl groups is 1. The molecule has 1 aromatic heterocycles. The Kier molecular flexibility index (Phi) is 6.50. The summed E-state index contributed by atoms with van der Waals surface area (Å²) in [5, 5.41) is 12.0. The Hall–Kier alpha value is -2.63. The van der Waals surface area contributed by atoms with E-state index in [1.807, 2.05) is 36.5 Å². The van der Waals surface area contributed by atoms with Crippen molar-refractivity contribution in [2.45, 2.75) is 57.1 Å². The molecule has 1 aliphatic carbocycles. The van der Waals surface area contributed by atoms with E-state index < -0.39 is 5.60 Å². The summed E-state index contributed by atoms with van der Waals surface area (Å²) >= 11 is 0. The predicted molar refractivity (Wildman–Crippen MR) is 133 cm³/mol. The van der Waals surface area contributed by atoms with E-state index >= 15 is 0 Å². The van der Waals surface area contributed by atoms with E-state index in [2.05, 4.69) is 37.3 Å². The molecule has 3 aromatic rings. The van der Waals surface area contributed by atoms with Crippen molar-refractivity contribution in [1.29, 1.82) is 0 Å². The van der Waals surface area contributed by atoms with Gasteiger partial charge < -0.3 is 18.7 Å². The lowest BCUT2D eigenvalue weighted by Gasteiger charge is -2.36. The third kappa shape index (κ3) is 4.77. The Morgan fingerprint density at radius 1 is 1.06 bits per heavy atom. The van der Waals surface area contributed by atoms with Gasteiger partial charge in [0.1, 0.15) is 12.3 Å². The molecule has 1 fully saturated rings. The van der Waals surface area contributed by atoms with E-state index in [0.717, 1.165) is 79.8 Å². The van der Waals surface area contributed by atoms with Crippen molar-refractivity contribution in [2.24, 2.45) is 5.92 Å². The van der Waals surface area contributed by atoms with Gasteiger partial charge in [0.15, 0.2) is 11.4 Å². The van der Waals surface area contributed by atoms with E-state index in [9.17, 15) is 5.11 Å². The third-order valence-electron chi connectivity index (χ3n) is 7.63. The van der Waals surface area contributed by atoms with E-state index in [4.69, 9.17) is 9.15 Å². The van der Waals surface area contributed by atoms with Gasteiger partial charge in [0.05, 0.1) is 33.4 Å². The normalized spacial score (nSPS) is 18.3. The maximum Gasteiger partial charge on any atom is 0.231 e. The molecule has 2 heterocycles. The summed E-state index contributed by atoms with van der Waals surface area (Å²) in [5.41, 5.74) is 2.38. The lowest BCUT2D eigenvalue weighted by atomic mass is 9.73. The quantitative estimate of drug-likeness (QED) is 0.466. The molecule has 0 unspecified atom stereocenters. The molecule has 5 nitrogen and oxygen atoms in total. The lowest BCUT2D eigenvalue weighted by molar-refractivity contribution is -0.904. The number of aromatic nitrogens is 1. The number of benzene rings is 2. The Morgan fingerprint density at radius 2 is 1.85 bits per heavy atom. The van der Waals surface area contributed by atoms with Crippen LogP contribution in [0.15, 0.2) is 59.1 Å². The molecule has 0 bridgehead atoms. The highest BCUT2D eigenvalue weighted by Crippen LogP contribution is 2.43. The van der Waals surface area contributed by atoms with Gasteiger partial charge in [0.25, 0.3) is 0 Å². The zero-order valence-electron chi connectivity index (χ0n) is 20.5. The van der Waals surface area contributed by atoms with E-state index in [1.54, 1.807) is 0 Å². The Bertz CT molecular complexity index is 1100. The van der Waals surface area contributed by atoms with Crippen molar-refractivity contribution in [3.63, 3.8) is 0 Å². The van der Waals surface area contributed by atoms with Gasteiger partial charge in [-0.2, -0.15) is 0 Å². The molecule has 34 heavy (non-hydrogen) atoms. The highest BCUT2D eigenvalue weighted by Gasteiger charge is 2.44. The fraction of sp³-hybridized carbons (Fsp3) is 0.483. The molecule has 1 N–H and O–H groups in total. The number of ether oxygens (including phenoxy) is 1. The van der Waals surface area contributed by atoms with E-state index in [0.29, 0.717) is 5.89 Å². The van der Waals surface area contributed by atoms with Crippen LogP contribution in [0.5, 0.6) is 5.75 Å². The molecule has 5 rings (SSSR count). The fourth-order valence-electron chi connectivity index (χ4n) is 5.63. The molecule has 0 spiro atoms. The molecule has 0 amide bonds. The summed E-state index contributed by atoms with van der Waals surface area (Å²) in [6.45, 7) is 2.52. The topological polar surface area (TPSA) is 55.5 Å². The molecule has 1 aliphatic heterocycles. The number of oxazole rings is 1. The molecule has 5 heteroatoms.